The summed E-state index contributed by atoms with van der Waals surface area (Å²) >= 11 is 0. The molecule has 1 saturated heterocycles. The van der Waals surface area contributed by atoms with E-state index in [4.69, 9.17) is 4.74 Å². The molecule has 116 valence electrons. The van der Waals surface area contributed by atoms with E-state index in [1.54, 1.807) is 0 Å². The van der Waals surface area contributed by atoms with Crippen LogP contribution in [0.2, 0.25) is 0 Å². The number of benzene rings is 2. The topological polar surface area (TPSA) is 24.5 Å². The quantitative estimate of drug-likeness (QED) is 0.917. The number of nitrogens with one attached hydrogen (secondary N) is 1. The predicted octanol–water partition coefficient (Wildman–Crippen LogP) is 3.23. The fourth-order valence-electron chi connectivity index (χ4n) is 2.89. The third-order valence-corrected chi connectivity index (χ3v) is 4.29. The summed E-state index contributed by atoms with van der Waals surface area (Å²) < 4.78 is 5.94. The smallest absolute Gasteiger partial charge is 0.120 e. The van der Waals surface area contributed by atoms with Crippen LogP contribution in [0.15, 0.2) is 54.6 Å². The van der Waals surface area contributed by atoms with Crippen molar-refractivity contribution in [2.45, 2.75) is 19.6 Å². The van der Waals surface area contributed by atoms with Gasteiger partial charge in [-0.15, -0.1) is 0 Å². The largest absolute Gasteiger partial charge is 0.489 e. The van der Waals surface area contributed by atoms with Gasteiger partial charge in [0.05, 0.1) is 0 Å². The summed E-state index contributed by atoms with van der Waals surface area (Å²) in [6, 6.07) is 19.2. The second-order valence-corrected chi connectivity index (χ2v) is 5.81. The number of nitrogens with zero attached hydrogens (tertiary/aromatic N) is 1. The van der Waals surface area contributed by atoms with Gasteiger partial charge in [0.2, 0.25) is 0 Å². The Morgan fingerprint density at radius 1 is 1.05 bits per heavy atom. The molecule has 0 spiro atoms. The average molecular weight is 296 g/mol. The Hall–Kier alpha value is -1.84. The highest BCUT2D eigenvalue weighted by atomic mass is 16.5. The second kappa shape index (κ2) is 7.43. The summed E-state index contributed by atoms with van der Waals surface area (Å²) in [7, 11) is 0. The second-order valence-electron chi connectivity index (χ2n) is 5.81. The lowest BCUT2D eigenvalue weighted by atomic mass is 10.1. The lowest BCUT2D eigenvalue weighted by Gasteiger charge is -2.33. The molecule has 1 fully saturated rings. The third-order valence-electron chi connectivity index (χ3n) is 4.29. The van der Waals surface area contributed by atoms with E-state index in [-0.39, 0.29) is 0 Å². The first-order valence-corrected chi connectivity index (χ1v) is 8.04. The fourth-order valence-corrected chi connectivity index (χ4v) is 2.89. The molecule has 3 nitrogen and oxygen atoms in total. The van der Waals surface area contributed by atoms with Crippen molar-refractivity contribution in [3.05, 3.63) is 65.7 Å². The monoisotopic (exact) mass is 296 g/mol. The first-order valence-electron chi connectivity index (χ1n) is 8.04. The minimum absolute atomic E-state index is 0.433. The molecule has 3 heteroatoms. The van der Waals surface area contributed by atoms with E-state index in [9.17, 15) is 0 Å². The SMILES string of the molecule is C[C@@H](c1cccc(OCc2ccccc2)c1)N1CCNCC1. The summed E-state index contributed by atoms with van der Waals surface area (Å²) in [6.07, 6.45) is 0. The van der Waals surface area contributed by atoms with Crippen molar-refractivity contribution in [1.29, 1.82) is 0 Å². The summed E-state index contributed by atoms with van der Waals surface area (Å²) in [4.78, 5) is 2.52. The Bertz CT molecular complexity index is 579. The van der Waals surface area contributed by atoms with Gasteiger partial charge in [-0.05, 0) is 30.2 Å². The van der Waals surface area contributed by atoms with E-state index < -0.39 is 0 Å². The number of rotatable bonds is 5. The highest BCUT2D eigenvalue weighted by molar-refractivity contribution is 5.31. The maximum atomic E-state index is 5.94. The molecule has 1 atom stereocenters. The molecule has 0 bridgehead atoms. The van der Waals surface area contributed by atoms with Gasteiger partial charge < -0.3 is 10.1 Å². The van der Waals surface area contributed by atoms with Crippen LogP contribution in [0.4, 0.5) is 0 Å². The van der Waals surface area contributed by atoms with Gasteiger partial charge in [-0.3, -0.25) is 4.90 Å². The molecule has 1 aliphatic rings. The first-order chi connectivity index (χ1) is 10.8. The van der Waals surface area contributed by atoms with Crippen LogP contribution >= 0.6 is 0 Å². The Balaban J connectivity index is 1.64. The molecule has 22 heavy (non-hydrogen) atoms. The molecule has 2 aromatic carbocycles. The molecule has 1 aliphatic heterocycles. The van der Waals surface area contributed by atoms with E-state index >= 15 is 0 Å². The van der Waals surface area contributed by atoms with E-state index in [0.29, 0.717) is 12.6 Å². The van der Waals surface area contributed by atoms with Crippen LogP contribution in [0.25, 0.3) is 0 Å². The van der Waals surface area contributed by atoms with Gasteiger partial charge in [-0.2, -0.15) is 0 Å². The van der Waals surface area contributed by atoms with Crippen molar-refractivity contribution in [3.63, 3.8) is 0 Å². The molecule has 0 aromatic heterocycles. The van der Waals surface area contributed by atoms with Crippen LogP contribution in [0, 0.1) is 0 Å². The molecule has 0 radical (unpaired) electrons. The van der Waals surface area contributed by atoms with Gasteiger partial charge in [0.1, 0.15) is 12.4 Å². The molecular weight excluding hydrogens is 272 g/mol. The standard InChI is InChI=1S/C19H24N2O/c1-16(21-12-10-20-11-13-21)18-8-5-9-19(14-18)22-15-17-6-3-2-4-7-17/h2-9,14,16,20H,10-13,15H2,1H3/t16-/m0/s1. The highest BCUT2D eigenvalue weighted by Crippen LogP contribution is 2.24. The van der Waals surface area contributed by atoms with Crippen molar-refractivity contribution in [2.24, 2.45) is 0 Å². The van der Waals surface area contributed by atoms with Crippen LogP contribution < -0.4 is 10.1 Å². The maximum absolute atomic E-state index is 5.94. The molecule has 0 aliphatic carbocycles. The normalized spacial score (nSPS) is 17.1. The van der Waals surface area contributed by atoms with Crippen molar-refractivity contribution < 1.29 is 4.74 Å². The van der Waals surface area contributed by atoms with E-state index in [0.717, 1.165) is 31.9 Å². The molecule has 0 unspecified atom stereocenters. The third kappa shape index (κ3) is 3.87. The van der Waals surface area contributed by atoms with Crippen LogP contribution in [0.1, 0.15) is 24.1 Å². The molecule has 0 amide bonds. The van der Waals surface area contributed by atoms with Gasteiger partial charge in [0.15, 0.2) is 0 Å². The average Bonchev–Trinajstić information content (AvgIpc) is 2.61. The van der Waals surface area contributed by atoms with Gasteiger partial charge in [0.25, 0.3) is 0 Å². The lowest BCUT2D eigenvalue weighted by Crippen LogP contribution is -2.44. The fraction of sp³-hybridized carbons (Fsp3) is 0.368. The first kappa shape index (κ1) is 15.1. The lowest BCUT2D eigenvalue weighted by molar-refractivity contribution is 0.185. The molecule has 2 aromatic rings. The minimum atomic E-state index is 0.433. The minimum Gasteiger partial charge on any atom is -0.489 e. The zero-order valence-electron chi connectivity index (χ0n) is 13.2. The Labute approximate surface area is 132 Å². The number of hydrogen-bond acceptors (Lipinski definition) is 3. The number of piperazine rings is 1. The van der Waals surface area contributed by atoms with E-state index in [2.05, 4.69) is 47.5 Å². The number of hydrogen-bond donors (Lipinski definition) is 1. The predicted molar refractivity (Wildman–Crippen MR) is 90.1 cm³/mol. The van der Waals surface area contributed by atoms with E-state index in [1.807, 2.05) is 24.3 Å². The van der Waals surface area contributed by atoms with Crippen LogP contribution in [-0.4, -0.2) is 31.1 Å². The van der Waals surface area contributed by atoms with Crippen LogP contribution in [-0.2, 0) is 6.61 Å². The molecule has 3 rings (SSSR count). The highest BCUT2D eigenvalue weighted by Gasteiger charge is 2.18. The molecule has 1 N–H and O–H groups in total. The Kier molecular flexibility index (Phi) is 5.09. The Morgan fingerprint density at radius 2 is 1.82 bits per heavy atom. The van der Waals surface area contributed by atoms with Crippen molar-refractivity contribution in [3.8, 4) is 5.75 Å². The van der Waals surface area contributed by atoms with Gasteiger partial charge in [-0.1, -0.05) is 42.5 Å². The molecular formula is C19H24N2O. The van der Waals surface area contributed by atoms with Crippen molar-refractivity contribution in [2.75, 3.05) is 26.2 Å². The summed E-state index contributed by atoms with van der Waals surface area (Å²) in [5.74, 6) is 0.948. The van der Waals surface area contributed by atoms with Crippen molar-refractivity contribution >= 4 is 0 Å². The van der Waals surface area contributed by atoms with Gasteiger partial charge >= 0.3 is 0 Å². The molecule has 0 saturated carbocycles. The van der Waals surface area contributed by atoms with Crippen LogP contribution in [0.5, 0.6) is 5.75 Å². The van der Waals surface area contributed by atoms with E-state index in [1.165, 1.54) is 11.1 Å². The zero-order chi connectivity index (χ0) is 15.2. The summed E-state index contributed by atoms with van der Waals surface area (Å²) in [5, 5.41) is 3.40. The molecule has 1 heterocycles. The van der Waals surface area contributed by atoms with Gasteiger partial charge in [-0.25, -0.2) is 0 Å². The Morgan fingerprint density at radius 3 is 2.59 bits per heavy atom. The maximum Gasteiger partial charge on any atom is 0.120 e. The number of ether oxygens (including phenoxy) is 1. The van der Waals surface area contributed by atoms with Gasteiger partial charge in [0, 0.05) is 32.2 Å². The summed E-state index contributed by atoms with van der Waals surface area (Å²) in [5.41, 5.74) is 2.52. The van der Waals surface area contributed by atoms with Crippen molar-refractivity contribution in [1.82, 2.24) is 10.2 Å². The summed E-state index contributed by atoms with van der Waals surface area (Å²) in [6.45, 7) is 7.27. The van der Waals surface area contributed by atoms with Crippen LogP contribution in [0.3, 0.4) is 0 Å². The zero-order valence-corrected chi connectivity index (χ0v) is 13.2.